The van der Waals surface area contributed by atoms with Gasteiger partial charge in [0.25, 0.3) is 0 Å². The Morgan fingerprint density at radius 1 is 1.10 bits per heavy atom. The summed E-state index contributed by atoms with van der Waals surface area (Å²) in [6.45, 7) is 2.45. The number of aromatic hydroxyl groups is 1. The number of rotatable bonds is 6. The Kier molecular flexibility index (Phi) is 6.68. The topological polar surface area (TPSA) is 97.6 Å². The molecule has 0 amide bonds. The van der Waals surface area contributed by atoms with E-state index in [-0.39, 0.29) is 22.1 Å². The monoisotopic (exact) mass is 427 g/mol. The highest BCUT2D eigenvalue weighted by atomic mass is 32.2. The van der Waals surface area contributed by atoms with Crippen LogP contribution in [0.5, 0.6) is 17.2 Å². The van der Waals surface area contributed by atoms with E-state index in [1.54, 1.807) is 42.5 Å². The van der Waals surface area contributed by atoms with E-state index in [2.05, 4.69) is 4.99 Å². The highest BCUT2D eigenvalue weighted by Crippen LogP contribution is 2.41. The third-order valence-electron chi connectivity index (χ3n) is 4.18. The molecule has 1 aliphatic heterocycles. The summed E-state index contributed by atoms with van der Waals surface area (Å²) in [6, 6.07) is 11.8. The lowest BCUT2D eigenvalue weighted by molar-refractivity contribution is -0.135. The number of ether oxygens (including phenoxy) is 3. The quantitative estimate of drug-likeness (QED) is 0.650. The second-order valence-corrected chi connectivity index (χ2v) is 7.13. The molecular weight excluding hydrogens is 406 g/mol. The summed E-state index contributed by atoms with van der Waals surface area (Å²) in [4.78, 5) is 17.1. The van der Waals surface area contributed by atoms with Crippen molar-refractivity contribution in [3.63, 3.8) is 0 Å². The number of thioether (sulfide) groups is 1. The Morgan fingerprint density at radius 3 is 2.43 bits per heavy atom. The van der Waals surface area contributed by atoms with Gasteiger partial charge >= 0.3 is 5.97 Å². The lowest BCUT2D eigenvalue weighted by Gasteiger charge is -2.05. The van der Waals surface area contributed by atoms with Crippen LogP contribution < -0.4 is 9.47 Å². The first kappa shape index (κ1) is 21.3. The van der Waals surface area contributed by atoms with E-state index >= 15 is 0 Å². The molecule has 0 aliphatic carbocycles. The van der Waals surface area contributed by atoms with Crippen molar-refractivity contribution in [1.29, 1.82) is 0 Å². The Morgan fingerprint density at radius 2 is 1.80 bits per heavy atom. The number of aliphatic imine (C=N–C) groups is 1. The molecule has 30 heavy (non-hydrogen) atoms. The Bertz CT molecular complexity index is 1040. The lowest BCUT2D eigenvalue weighted by atomic mass is 10.1. The normalized spacial score (nSPS) is 16.2. The molecule has 0 bridgehead atoms. The van der Waals surface area contributed by atoms with E-state index < -0.39 is 5.97 Å². The summed E-state index contributed by atoms with van der Waals surface area (Å²) < 4.78 is 15.4. The van der Waals surface area contributed by atoms with Crippen LogP contribution in [0.25, 0.3) is 6.08 Å². The van der Waals surface area contributed by atoms with Gasteiger partial charge in [-0.2, -0.15) is 0 Å². The molecule has 0 atom stereocenters. The summed E-state index contributed by atoms with van der Waals surface area (Å²) in [7, 11) is 2.75. The predicted molar refractivity (Wildman–Crippen MR) is 117 cm³/mol. The Labute approximate surface area is 178 Å². The van der Waals surface area contributed by atoms with Gasteiger partial charge < -0.3 is 24.4 Å². The van der Waals surface area contributed by atoms with Crippen molar-refractivity contribution in [2.75, 3.05) is 20.8 Å². The number of aliphatic hydroxyl groups is 1. The number of methoxy groups -OCH3 is 2. The molecule has 0 spiro atoms. The van der Waals surface area contributed by atoms with Gasteiger partial charge in [-0.15, -0.1) is 0 Å². The van der Waals surface area contributed by atoms with Crippen LogP contribution in [0.2, 0.25) is 0 Å². The SMILES string of the molecule is CCOc1ccc(N=C2S/C(=C/c3cc(OC)ccc3O)C(O)=C2C(=O)OC)cc1. The van der Waals surface area contributed by atoms with Crippen molar-refractivity contribution in [2.24, 2.45) is 4.99 Å². The second-order valence-electron chi connectivity index (χ2n) is 6.09. The van der Waals surface area contributed by atoms with Gasteiger partial charge in [0.2, 0.25) is 0 Å². The first-order valence-corrected chi connectivity index (χ1v) is 9.88. The highest BCUT2D eigenvalue weighted by molar-refractivity contribution is 8.18. The molecule has 0 radical (unpaired) electrons. The summed E-state index contributed by atoms with van der Waals surface area (Å²) in [5.74, 6) is 0.290. The fraction of sp³-hybridized carbons (Fsp3) is 0.182. The average Bonchev–Trinajstić information content (AvgIpc) is 3.05. The van der Waals surface area contributed by atoms with Gasteiger partial charge in [0.15, 0.2) is 0 Å². The molecule has 8 heteroatoms. The fourth-order valence-electron chi connectivity index (χ4n) is 2.71. The van der Waals surface area contributed by atoms with E-state index in [0.717, 1.165) is 11.8 Å². The maximum Gasteiger partial charge on any atom is 0.344 e. The molecule has 0 unspecified atom stereocenters. The average molecular weight is 427 g/mol. The zero-order valence-electron chi connectivity index (χ0n) is 16.7. The summed E-state index contributed by atoms with van der Waals surface area (Å²) in [6.07, 6.45) is 1.56. The van der Waals surface area contributed by atoms with Crippen molar-refractivity contribution in [3.8, 4) is 17.2 Å². The highest BCUT2D eigenvalue weighted by Gasteiger charge is 2.33. The molecule has 2 aromatic carbocycles. The van der Waals surface area contributed by atoms with E-state index in [9.17, 15) is 15.0 Å². The van der Waals surface area contributed by atoms with Crippen molar-refractivity contribution < 1.29 is 29.2 Å². The molecule has 156 valence electrons. The lowest BCUT2D eigenvalue weighted by Crippen LogP contribution is -2.10. The van der Waals surface area contributed by atoms with Crippen LogP contribution in [-0.2, 0) is 9.53 Å². The summed E-state index contributed by atoms with van der Waals surface area (Å²) in [5, 5.41) is 21.1. The van der Waals surface area contributed by atoms with E-state index in [0.29, 0.717) is 34.3 Å². The molecular formula is C22H21NO6S. The van der Waals surface area contributed by atoms with Gasteiger partial charge in [0, 0.05) is 5.56 Å². The largest absolute Gasteiger partial charge is 0.507 e. The number of hydrogen-bond donors (Lipinski definition) is 2. The van der Waals surface area contributed by atoms with E-state index in [1.807, 2.05) is 6.92 Å². The second kappa shape index (κ2) is 9.41. The van der Waals surface area contributed by atoms with Crippen LogP contribution in [-0.4, -0.2) is 42.1 Å². The van der Waals surface area contributed by atoms with Gasteiger partial charge in [-0.1, -0.05) is 11.8 Å². The Balaban J connectivity index is 2.01. The van der Waals surface area contributed by atoms with Crippen LogP contribution in [0.15, 0.2) is 63.7 Å². The number of nitrogens with zero attached hydrogens (tertiary/aromatic N) is 1. The van der Waals surface area contributed by atoms with Crippen LogP contribution in [0.4, 0.5) is 5.69 Å². The van der Waals surface area contributed by atoms with Gasteiger partial charge in [0.1, 0.15) is 33.6 Å². The molecule has 0 fully saturated rings. The van der Waals surface area contributed by atoms with Crippen molar-refractivity contribution in [2.45, 2.75) is 6.92 Å². The maximum atomic E-state index is 12.3. The van der Waals surface area contributed by atoms with E-state index in [1.165, 1.54) is 20.3 Å². The maximum absolute atomic E-state index is 12.3. The number of carbonyl (C=O) groups is 1. The first-order chi connectivity index (χ1) is 14.5. The minimum Gasteiger partial charge on any atom is -0.507 e. The first-order valence-electron chi connectivity index (χ1n) is 9.07. The molecule has 3 rings (SSSR count). The van der Waals surface area contributed by atoms with Gasteiger partial charge in [-0.25, -0.2) is 9.79 Å². The van der Waals surface area contributed by atoms with Crippen molar-refractivity contribution >= 4 is 34.5 Å². The standard InChI is InChI=1S/C22H21NO6S/c1-4-29-15-7-5-14(6-8-15)23-21-19(22(26)28-3)20(25)18(30-21)12-13-11-16(27-2)9-10-17(13)24/h5-12,24-25H,4H2,1-3H3/b18-12+,23-21?. The van der Waals surface area contributed by atoms with Crippen molar-refractivity contribution in [1.82, 2.24) is 0 Å². The fourth-order valence-corrected chi connectivity index (χ4v) is 3.73. The molecule has 0 aromatic heterocycles. The zero-order chi connectivity index (χ0) is 21.7. The van der Waals surface area contributed by atoms with Gasteiger partial charge in [0.05, 0.1) is 31.4 Å². The van der Waals surface area contributed by atoms with Gasteiger partial charge in [-0.3, -0.25) is 0 Å². The molecule has 1 heterocycles. The minimum absolute atomic E-state index is 0.00761. The van der Waals surface area contributed by atoms with Gasteiger partial charge in [-0.05, 0) is 55.5 Å². The predicted octanol–water partition coefficient (Wildman–Crippen LogP) is 4.60. The molecule has 7 nitrogen and oxygen atoms in total. The molecule has 2 N–H and O–H groups in total. The number of benzene rings is 2. The summed E-state index contributed by atoms with van der Waals surface area (Å²) in [5.41, 5.74) is 0.973. The van der Waals surface area contributed by atoms with Crippen LogP contribution >= 0.6 is 11.8 Å². The Hall–Kier alpha value is -3.39. The van der Waals surface area contributed by atoms with Crippen LogP contribution in [0.1, 0.15) is 12.5 Å². The minimum atomic E-state index is -0.706. The summed E-state index contributed by atoms with van der Waals surface area (Å²) >= 11 is 1.10. The third kappa shape index (κ3) is 4.60. The molecule has 1 aliphatic rings. The molecule has 0 saturated carbocycles. The number of phenols is 1. The number of esters is 1. The number of aliphatic hydroxyl groups excluding tert-OH is 1. The smallest absolute Gasteiger partial charge is 0.344 e. The van der Waals surface area contributed by atoms with E-state index in [4.69, 9.17) is 14.2 Å². The third-order valence-corrected chi connectivity index (χ3v) is 5.20. The number of hydrogen-bond acceptors (Lipinski definition) is 8. The number of phenolic OH excluding ortho intramolecular Hbond substituents is 1. The molecule has 0 saturated heterocycles. The number of carbonyl (C=O) groups excluding carboxylic acids is 1. The van der Waals surface area contributed by atoms with Crippen LogP contribution in [0, 0.1) is 0 Å². The zero-order valence-corrected chi connectivity index (χ0v) is 17.5. The van der Waals surface area contributed by atoms with Crippen molar-refractivity contribution in [3.05, 3.63) is 64.3 Å². The molecule has 2 aromatic rings. The van der Waals surface area contributed by atoms with Crippen LogP contribution in [0.3, 0.4) is 0 Å².